The molecule has 0 unspecified atom stereocenters. The van der Waals surface area contributed by atoms with Gasteiger partial charge in [0.05, 0.1) is 4.34 Å². The molecule has 1 aromatic heterocycles. The molecule has 2 fully saturated rings. The second-order valence-corrected chi connectivity index (χ2v) is 10.9. The Hall–Kier alpha value is -0.670. The highest BCUT2D eigenvalue weighted by molar-refractivity contribution is 7.91. The highest BCUT2D eigenvalue weighted by Gasteiger charge is 2.37. The average molecular weight is 420 g/mol. The molecule has 2 aliphatic rings. The Morgan fingerprint density at radius 3 is 2.46 bits per heavy atom. The lowest BCUT2D eigenvalue weighted by molar-refractivity contribution is -0.139. The molecule has 1 aromatic rings. The van der Waals surface area contributed by atoms with E-state index < -0.39 is 16.1 Å². The number of halogens is 1. The predicted octanol–water partition coefficient (Wildman–Crippen LogP) is 2.54. The van der Waals surface area contributed by atoms with Gasteiger partial charge in [-0.1, -0.05) is 11.6 Å². The van der Waals surface area contributed by atoms with Crippen molar-refractivity contribution < 1.29 is 13.2 Å². The van der Waals surface area contributed by atoms with Crippen molar-refractivity contribution in [3.8, 4) is 0 Å². The zero-order valence-corrected chi connectivity index (χ0v) is 17.5. The van der Waals surface area contributed by atoms with Crippen molar-refractivity contribution in [1.29, 1.82) is 0 Å². The topological polar surface area (TPSA) is 69.7 Å². The molecule has 146 valence electrons. The molecule has 6 nitrogen and oxygen atoms in total. The van der Waals surface area contributed by atoms with Crippen LogP contribution in [0.15, 0.2) is 16.3 Å². The molecule has 0 bridgehead atoms. The fraction of sp³-hybridized carbons (Fsp3) is 0.706. The number of nitrogens with one attached hydrogen (secondary N) is 1. The maximum absolute atomic E-state index is 12.9. The first kappa shape index (κ1) is 20.1. The van der Waals surface area contributed by atoms with E-state index in [1.165, 1.54) is 6.07 Å². The highest BCUT2D eigenvalue weighted by atomic mass is 35.5. The zero-order chi connectivity index (χ0) is 18.9. The van der Waals surface area contributed by atoms with E-state index in [1.807, 2.05) is 4.90 Å². The summed E-state index contributed by atoms with van der Waals surface area (Å²) in [5.41, 5.74) is 0. The van der Waals surface area contributed by atoms with Gasteiger partial charge < -0.3 is 9.80 Å². The van der Waals surface area contributed by atoms with Crippen LogP contribution in [0.3, 0.4) is 0 Å². The predicted molar refractivity (Wildman–Crippen MR) is 104 cm³/mol. The number of sulfonamides is 1. The summed E-state index contributed by atoms with van der Waals surface area (Å²) in [4.78, 5) is 17.2. The number of thiophene rings is 1. The second-order valence-electron chi connectivity index (χ2n) is 7.27. The molecule has 2 saturated heterocycles. The standard InChI is InChI=1S/C17H26ClN3O3S2/c1-12(2)20-10-7-13(8-11-20)21-9-3-4-14(17(21)22)19-26(23,24)16-6-5-15(18)25-16/h5-6,12-14,19H,3-4,7-11H2,1-2H3/t14-/m0/s1. The molecule has 1 N–H and O–H groups in total. The van der Waals surface area contributed by atoms with E-state index in [2.05, 4.69) is 23.5 Å². The Labute approximate surface area is 164 Å². The van der Waals surface area contributed by atoms with Gasteiger partial charge in [-0.05, 0) is 51.7 Å². The lowest BCUT2D eigenvalue weighted by atomic mass is 9.97. The second kappa shape index (κ2) is 8.14. The van der Waals surface area contributed by atoms with E-state index >= 15 is 0 Å². The number of rotatable bonds is 5. The fourth-order valence-corrected chi connectivity index (χ4v) is 6.50. The first-order valence-electron chi connectivity index (χ1n) is 9.10. The van der Waals surface area contributed by atoms with Crippen molar-refractivity contribution in [3.05, 3.63) is 16.5 Å². The van der Waals surface area contributed by atoms with E-state index in [0.29, 0.717) is 23.3 Å². The van der Waals surface area contributed by atoms with Gasteiger partial charge in [0.25, 0.3) is 10.0 Å². The Kier molecular flexibility index (Phi) is 6.29. The van der Waals surface area contributed by atoms with Crippen LogP contribution in [0.2, 0.25) is 4.34 Å². The molecule has 0 aliphatic carbocycles. The van der Waals surface area contributed by atoms with E-state index in [-0.39, 0.29) is 16.2 Å². The van der Waals surface area contributed by atoms with Crippen molar-refractivity contribution in [2.45, 2.75) is 61.9 Å². The van der Waals surface area contributed by atoms with Crippen LogP contribution in [0, 0.1) is 0 Å². The number of carbonyl (C=O) groups is 1. The van der Waals surface area contributed by atoms with Crippen LogP contribution in [0.1, 0.15) is 39.5 Å². The summed E-state index contributed by atoms with van der Waals surface area (Å²) in [6.45, 7) is 7.06. The van der Waals surface area contributed by atoms with Crippen LogP contribution in [0.5, 0.6) is 0 Å². The summed E-state index contributed by atoms with van der Waals surface area (Å²) >= 11 is 6.84. The monoisotopic (exact) mass is 419 g/mol. The summed E-state index contributed by atoms with van der Waals surface area (Å²) in [6, 6.07) is 3.07. The van der Waals surface area contributed by atoms with Gasteiger partial charge in [-0.2, -0.15) is 4.72 Å². The van der Waals surface area contributed by atoms with E-state index in [1.54, 1.807) is 6.07 Å². The van der Waals surface area contributed by atoms with Gasteiger partial charge in [0.1, 0.15) is 10.3 Å². The van der Waals surface area contributed by atoms with Gasteiger partial charge >= 0.3 is 0 Å². The molecule has 1 atom stereocenters. The van der Waals surface area contributed by atoms with Crippen molar-refractivity contribution in [3.63, 3.8) is 0 Å². The fourth-order valence-electron chi connectivity index (χ4n) is 3.77. The van der Waals surface area contributed by atoms with Crippen LogP contribution in [0.4, 0.5) is 0 Å². The minimum absolute atomic E-state index is 0.0922. The Balaban J connectivity index is 1.65. The summed E-state index contributed by atoms with van der Waals surface area (Å²) in [7, 11) is -3.72. The van der Waals surface area contributed by atoms with Crippen molar-refractivity contribution in [2.75, 3.05) is 19.6 Å². The first-order valence-corrected chi connectivity index (χ1v) is 11.8. The molecule has 0 saturated carbocycles. The Morgan fingerprint density at radius 1 is 1.19 bits per heavy atom. The third kappa shape index (κ3) is 4.42. The number of nitrogens with zero attached hydrogens (tertiary/aromatic N) is 2. The number of hydrogen-bond donors (Lipinski definition) is 1. The largest absolute Gasteiger partial charge is 0.338 e. The summed E-state index contributed by atoms with van der Waals surface area (Å²) in [5, 5.41) is 0. The van der Waals surface area contributed by atoms with Crippen LogP contribution < -0.4 is 4.72 Å². The summed E-state index contributed by atoms with van der Waals surface area (Å²) < 4.78 is 28.2. The minimum Gasteiger partial charge on any atom is -0.338 e. The van der Waals surface area contributed by atoms with Crippen LogP contribution in [-0.2, 0) is 14.8 Å². The van der Waals surface area contributed by atoms with Gasteiger partial charge in [0.15, 0.2) is 0 Å². The maximum atomic E-state index is 12.9. The highest BCUT2D eigenvalue weighted by Crippen LogP contribution is 2.27. The van der Waals surface area contributed by atoms with Crippen LogP contribution in [0.25, 0.3) is 0 Å². The van der Waals surface area contributed by atoms with Gasteiger partial charge in [-0.25, -0.2) is 8.42 Å². The lowest BCUT2D eigenvalue weighted by Gasteiger charge is -2.43. The van der Waals surface area contributed by atoms with Gasteiger partial charge in [-0.15, -0.1) is 11.3 Å². The molecule has 26 heavy (non-hydrogen) atoms. The van der Waals surface area contributed by atoms with Gasteiger partial charge in [-0.3, -0.25) is 4.79 Å². The third-order valence-electron chi connectivity index (χ3n) is 5.25. The van der Waals surface area contributed by atoms with Crippen LogP contribution in [-0.4, -0.2) is 61.9 Å². The molecule has 0 spiro atoms. The number of hydrogen-bond acceptors (Lipinski definition) is 5. The van der Waals surface area contributed by atoms with Crippen LogP contribution >= 0.6 is 22.9 Å². The first-order chi connectivity index (χ1) is 12.3. The van der Waals surface area contributed by atoms with Crippen molar-refractivity contribution >= 4 is 38.9 Å². The van der Waals surface area contributed by atoms with Gasteiger partial charge in [0, 0.05) is 31.7 Å². The average Bonchev–Trinajstić information content (AvgIpc) is 3.04. The third-order valence-corrected chi connectivity index (χ3v) is 8.45. The Morgan fingerprint density at radius 2 is 1.88 bits per heavy atom. The molecule has 0 aromatic carbocycles. The SMILES string of the molecule is CC(C)N1CCC(N2CCC[C@H](NS(=O)(=O)c3ccc(Cl)s3)C2=O)CC1. The summed E-state index contributed by atoms with van der Waals surface area (Å²) in [5.74, 6) is -0.0922. The minimum atomic E-state index is -3.72. The van der Waals surface area contributed by atoms with E-state index in [0.717, 1.165) is 43.7 Å². The number of likely N-dealkylation sites (tertiary alicyclic amines) is 2. The van der Waals surface area contributed by atoms with Crippen molar-refractivity contribution in [2.24, 2.45) is 0 Å². The van der Waals surface area contributed by atoms with E-state index in [9.17, 15) is 13.2 Å². The number of amides is 1. The molecule has 2 aliphatic heterocycles. The van der Waals surface area contributed by atoms with Gasteiger partial charge in [0.2, 0.25) is 5.91 Å². The summed E-state index contributed by atoms with van der Waals surface area (Å²) in [6.07, 6.45) is 3.25. The molecule has 3 heterocycles. The molecule has 3 rings (SSSR count). The maximum Gasteiger partial charge on any atom is 0.250 e. The zero-order valence-electron chi connectivity index (χ0n) is 15.2. The quantitative estimate of drug-likeness (QED) is 0.796. The number of carbonyl (C=O) groups excluding carboxylic acids is 1. The smallest absolute Gasteiger partial charge is 0.250 e. The molecular weight excluding hydrogens is 394 g/mol. The van der Waals surface area contributed by atoms with E-state index in [4.69, 9.17) is 11.6 Å². The lowest BCUT2D eigenvalue weighted by Crippen LogP contribution is -2.57. The number of piperidine rings is 2. The molecular formula is C17H26ClN3O3S2. The molecule has 0 radical (unpaired) electrons. The molecule has 1 amide bonds. The Bertz CT molecular complexity index is 742. The normalized spacial score (nSPS) is 23.8. The molecule has 9 heteroatoms. The van der Waals surface area contributed by atoms with Crippen molar-refractivity contribution in [1.82, 2.24) is 14.5 Å².